The maximum atomic E-state index is 12.0. The number of carbonyl (C=O) groups is 1. The van der Waals surface area contributed by atoms with Gasteiger partial charge >= 0.3 is 5.97 Å². The highest BCUT2D eigenvalue weighted by molar-refractivity contribution is 5.96. The largest absolute Gasteiger partial charge is 0.478 e. The molecule has 156 valence electrons. The van der Waals surface area contributed by atoms with Crippen LogP contribution in [0.3, 0.4) is 0 Å². The lowest BCUT2D eigenvalue weighted by atomic mass is 10.1. The molecule has 2 saturated carbocycles. The van der Waals surface area contributed by atoms with Crippen LogP contribution in [-0.4, -0.2) is 38.1 Å². The number of aromatic carboxylic acids is 1. The number of aromatic amines is 1. The summed E-state index contributed by atoms with van der Waals surface area (Å²) in [7, 11) is 0. The summed E-state index contributed by atoms with van der Waals surface area (Å²) in [4.78, 5) is 25.1. The van der Waals surface area contributed by atoms with Crippen molar-refractivity contribution in [2.24, 2.45) is 0 Å². The van der Waals surface area contributed by atoms with E-state index in [0.29, 0.717) is 5.56 Å². The van der Waals surface area contributed by atoms with Crippen molar-refractivity contribution in [3.63, 3.8) is 0 Å². The smallest absolute Gasteiger partial charge is 0.337 e. The fraction of sp³-hybridized carbons (Fsp3) is 0.435. The molecule has 3 aromatic rings. The predicted octanol–water partition coefficient (Wildman–Crippen LogP) is 4.19. The van der Waals surface area contributed by atoms with Gasteiger partial charge in [0.15, 0.2) is 0 Å². The Labute approximate surface area is 175 Å². The van der Waals surface area contributed by atoms with E-state index in [1.54, 1.807) is 6.07 Å². The van der Waals surface area contributed by atoms with Crippen molar-refractivity contribution in [2.75, 3.05) is 11.9 Å². The first kappa shape index (κ1) is 19.1. The van der Waals surface area contributed by atoms with Crippen LogP contribution in [-0.2, 0) is 5.54 Å². The number of carboxylic acids is 1. The van der Waals surface area contributed by atoms with Gasteiger partial charge in [0.2, 0.25) is 0 Å². The van der Waals surface area contributed by atoms with Crippen molar-refractivity contribution >= 4 is 22.8 Å². The molecule has 2 fully saturated rings. The number of para-hydroxylation sites is 1. The maximum absolute atomic E-state index is 12.0. The van der Waals surface area contributed by atoms with Crippen LogP contribution >= 0.6 is 0 Å². The summed E-state index contributed by atoms with van der Waals surface area (Å²) in [6.07, 6.45) is 4.12. The van der Waals surface area contributed by atoms with Gasteiger partial charge in [-0.3, -0.25) is 0 Å². The number of anilines is 1. The number of nitrogens with zero attached hydrogens (tertiary/aromatic N) is 2. The van der Waals surface area contributed by atoms with Crippen LogP contribution in [0, 0.1) is 6.92 Å². The van der Waals surface area contributed by atoms with E-state index in [1.165, 1.54) is 0 Å². The minimum Gasteiger partial charge on any atom is -0.478 e. The van der Waals surface area contributed by atoms with E-state index >= 15 is 0 Å². The van der Waals surface area contributed by atoms with Crippen LogP contribution < -0.4 is 10.6 Å². The summed E-state index contributed by atoms with van der Waals surface area (Å²) in [6, 6.07) is 7.60. The molecule has 7 nitrogen and oxygen atoms in total. The van der Waals surface area contributed by atoms with Gasteiger partial charge in [0.05, 0.1) is 28.0 Å². The van der Waals surface area contributed by atoms with Gasteiger partial charge in [0, 0.05) is 16.8 Å². The topological polar surface area (TPSA) is 103 Å². The van der Waals surface area contributed by atoms with E-state index in [4.69, 9.17) is 9.97 Å². The third kappa shape index (κ3) is 3.13. The Bertz CT molecular complexity index is 1160. The lowest BCUT2D eigenvalue weighted by Crippen LogP contribution is -2.30. The standard InChI is InChI=1S/C23H27N5O2/c1-4-24-23(10-11-23)19-15(21(29)30)12-17(26-19)14-6-5-7-16-18(14)27-20(13(2)25-16)28-22(3)8-9-22/h5-7,12,24,26H,4,8-11H2,1-3H3,(H,27,28)(H,29,30). The maximum Gasteiger partial charge on any atom is 0.337 e. The Balaban J connectivity index is 1.64. The van der Waals surface area contributed by atoms with Crippen LogP contribution in [0.5, 0.6) is 0 Å². The number of hydrogen-bond acceptors (Lipinski definition) is 5. The van der Waals surface area contributed by atoms with E-state index in [-0.39, 0.29) is 11.1 Å². The van der Waals surface area contributed by atoms with E-state index in [2.05, 4.69) is 22.5 Å². The number of H-pyrrole nitrogens is 1. The van der Waals surface area contributed by atoms with Crippen molar-refractivity contribution in [1.82, 2.24) is 20.3 Å². The first-order valence-electron chi connectivity index (χ1n) is 10.6. The zero-order chi connectivity index (χ0) is 21.1. The van der Waals surface area contributed by atoms with E-state index in [9.17, 15) is 9.90 Å². The second-order valence-corrected chi connectivity index (χ2v) is 8.91. The molecule has 0 spiro atoms. The van der Waals surface area contributed by atoms with Crippen molar-refractivity contribution in [3.05, 3.63) is 41.2 Å². The Kier molecular flexibility index (Phi) is 4.15. The molecule has 0 atom stereocenters. The summed E-state index contributed by atoms with van der Waals surface area (Å²) in [5.41, 5.74) is 4.99. The summed E-state index contributed by atoms with van der Waals surface area (Å²) in [5, 5.41) is 16.8. The van der Waals surface area contributed by atoms with Gasteiger partial charge < -0.3 is 20.7 Å². The van der Waals surface area contributed by atoms with E-state index in [0.717, 1.165) is 71.7 Å². The molecule has 7 heteroatoms. The van der Waals surface area contributed by atoms with E-state index in [1.807, 2.05) is 32.0 Å². The summed E-state index contributed by atoms with van der Waals surface area (Å²) >= 11 is 0. The van der Waals surface area contributed by atoms with Crippen LogP contribution in [0.1, 0.15) is 61.3 Å². The minimum atomic E-state index is -0.914. The minimum absolute atomic E-state index is 0.0995. The fourth-order valence-corrected chi connectivity index (χ4v) is 4.22. The SMILES string of the molecule is CCNC1(c2[nH]c(-c3cccc4nc(C)c(NC5(C)CC5)nc34)cc2C(=O)O)CC1. The zero-order valence-electron chi connectivity index (χ0n) is 17.6. The van der Waals surface area contributed by atoms with Crippen molar-refractivity contribution < 1.29 is 9.90 Å². The monoisotopic (exact) mass is 405 g/mol. The Morgan fingerprint density at radius 3 is 2.63 bits per heavy atom. The van der Waals surface area contributed by atoms with Crippen molar-refractivity contribution in [3.8, 4) is 11.3 Å². The van der Waals surface area contributed by atoms with Gasteiger partial charge in [0.1, 0.15) is 11.3 Å². The third-order valence-corrected chi connectivity index (χ3v) is 6.37. The Hall–Kier alpha value is -2.93. The molecule has 0 amide bonds. The van der Waals surface area contributed by atoms with Gasteiger partial charge in [-0.15, -0.1) is 0 Å². The van der Waals surface area contributed by atoms with Crippen molar-refractivity contribution in [2.45, 2.75) is 57.5 Å². The molecule has 0 aliphatic heterocycles. The second kappa shape index (κ2) is 6.54. The molecule has 30 heavy (non-hydrogen) atoms. The number of nitrogens with one attached hydrogen (secondary N) is 3. The highest BCUT2D eigenvalue weighted by Crippen LogP contribution is 2.47. The molecule has 2 aliphatic rings. The van der Waals surface area contributed by atoms with Crippen molar-refractivity contribution in [1.29, 1.82) is 0 Å². The first-order chi connectivity index (χ1) is 14.3. The van der Waals surface area contributed by atoms with Crippen LogP contribution in [0.4, 0.5) is 5.82 Å². The zero-order valence-corrected chi connectivity index (χ0v) is 17.6. The number of aryl methyl sites for hydroxylation is 1. The van der Waals surface area contributed by atoms with Gasteiger partial charge in [-0.25, -0.2) is 14.8 Å². The number of fused-ring (bicyclic) bond motifs is 1. The molecule has 4 N–H and O–H groups in total. The molecule has 0 radical (unpaired) electrons. The number of benzene rings is 1. The number of rotatable bonds is 7. The molecule has 5 rings (SSSR count). The normalized spacial score (nSPS) is 18.4. The molecule has 0 bridgehead atoms. The van der Waals surface area contributed by atoms with Gasteiger partial charge in [-0.05, 0) is 58.2 Å². The number of aromatic nitrogens is 3. The van der Waals surface area contributed by atoms with Gasteiger partial charge in [-0.1, -0.05) is 19.1 Å². The average Bonchev–Trinajstić information content (AvgIpc) is 3.59. The number of hydrogen-bond donors (Lipinski definition) is 4. The lowest BCUT2D eigenvalue weighted by Gasteiger charge is -2.16. The highest BCUT2D eigenvalue weighted by Gasteiger charge is 2.47. The average molecular weight is 406 g/mol. The summed E-state index contributed by atoms with van der Waals surface area (Å²) in [5.74, 6) is -0.116. The first-order valence-corrected chi connectivity index (χ1v) is 10.6. The quantitative estimate of drug-likeness (QED) is 0.470. The predicted molar refractivity (Wildman–Crippen MR) is 117 cm³/mol. The van der Waals surface area contributed by atoms with Gasteiger partial charge in [0.25, 0.3) is 0 Å². The van der Waals surface area contributed by atoms with Crippen LogP contribution in [0.25, 0.3) is 22.3 Å². The Morgan fingerprint density at radius 2 is 2.00 bits per heavy atom. The third-order valence-electron chi connectivity index (χ3n) is 6.37. The summed E-state index contributed by atoms with van der Waals surface area (Å²) in [6.45, 7) is 6.99. The van der Waals surface area contributed by atoms with Gasteiger partial charge in [-0.2, -0.15) is 0 Å². The molecule has 0 saturated heterocycles. The molecule has 2 aliphatic carbocycles. The van der Waals surface area contributed by atoms with Crippen LogP contribution in [0.15, 0.2) is 24.3 Å². The lowest BCUT2D eigenvalue weighted by molar-refractivity contribution is 0.0694. The molecule has 2 heterocycles. The Morgan fingerprint density at radius 1 is 1.23 bits per heavy atom. The summed E-state index contributed by atoms with van der Waals surface area (Å²) < 4.78 is 0. The number of carboxylic acid groups (broad SMARTS) is 1. The fourth-order valence-electron chi connectivity index (χ4n) is 4.22. The molecular weight excluding hydrogens is 378 g/mol. The second-order valence-electron chi connectivity index (χ2n) is 8.91. The molecular formula is C23H27N5O2. The molecule has 2 aromatic heterocycles. The van der Waals surface area contributed by atoms with E-state index < -0.39 is 5.97 Å². The highest BCUT2D eigenvalue weighted by atomic mass is 16.4. The van der Waals surface area contributed by atoms with Crippen LogP contribution in [0.2, 0.25) is 0 Å². The molecule has 1 aromatic carbocycles. The molecule has 0 unspecified atom stereocenters.